The van der Waals surface area contributed by atoms with Gasteiger partial charge in [-0.1, -0.05) is 12.1 Å². The molecule has 0 atom stereocenters. The van der Waals surface area contributed by atoms with Crippen molar-refractivity contribution >= 4 is 17.7 Å². The molecule has 1 aliphatic rings. The first-order chi connectivity index (χ1) is 9.47. The Kier molecular flexibility index (Phi) is 3.83. The third-order valence-corrected chi connectivity index (χ3v) is 3.57. The largest absolute Gasteiger partial charge is 0.466 e. The second-order valence-corrected chi connectivity index (χ2v) is 5.02. The van der Waals surface area contributed by atoms with E-state index in [1.807, 2.05) is 12.1 Å². The smallest absolute Gasteiger partial charge is 0.407 e. The summed E-state index contributed by atoms with van der Waals surface area (Å²) in [4.78, 5) is 24.0. The summed E-state index contributed by atoms with van der Waals surface area (Å²) in [5.41, 5.74) is 6.70. The van der Waals surface area contributed by atoms with Crippen LogP contribution in [0, 0.1) is 0 Å². The number of nitrogen functional groups attached to an aromatic ring is 1. The Morgan fingerprint density at radius 1 is 1.35 bits per heavy atom. The van der Waals surface area contributed by atoms with E-state index in [4.69, 9.17) is 15.6 Å². The lowest BCUT2D eigenvalue weighted by Crippen LogP contribution is -2.61. The summed E-state index contributed by atoms with van der Waals surface area (Å²) < 4.78 is 4.98. The molecule has 1 heterocycles. The van der Waals surface area contributed by atoms with E-state index in [9.17, 15) is 9.59 Å². The predicted molar refractivity (Wildman–Crippen MR) is 73.4 cm³/mol. The number of likely N-dealkylation sites (tertiary alicyclic amines) is 1. The van der Waals surface area contributed by atoms with E-state index in [2.05, 4.69) is 0 Å². The van der Waals surface area contributed by atoms with Crippen LogP contribution < -0.4 is 5.73 Å². The zero-order valence-corrected chi connectivity index (χ0v) is 11.3. The standard InChI is InChI=1S/C14H18N2O4/c1-2-20-12(17)7-14(8-16(9-14)13(18)19)10-3-5-11(15)6-4-10/h3-6H,2,7-9,15H2,1H3,(H,18,19). The molecular weight excluding hydrogens is 260 g/mol. The highest BCUT2D eigenvalue weighted by atomic mass is 16.5. The van der Waals surface area contributed by atoms with E-state index in [-0.39, 0.29) is 12.4 Å². The van der Waals surface area contributed by atoms with Gasteiger partial charge in [0, 0.05) is 24.2 Å². The molecule has 1 aromatic carbocycles. The maximum Gasteiger partial charge on any atom is 0.407 e. The van der Waals surface area contributed by atoms with Crippen LogP contribution in [0.15, 0.2) is 24.3 Å². The highest BCUT2D eigenvalue weighted by Crippen LogP contribution is 2.38. The van der Waals surface area contributed by atoms with E-state index in [1.54, 1.807) is 19.1 Å². The fourth-order valence-corrected chi connectivity index (χ4v) is 2.54. The molecule has 0 unspecified atom stereocenters. The number of benzene rings is 1. The minimum atomic E-state index is -0.972. The number of amides is 1. The summed E-state index contributed by atoms with van der Waals surface area (Å²) in [5, 5.41) is 8.98. The fourth-order valence-electron chi connectivity index (χ4n) is 2.54. The highest BCUT2D eigenvalue weighted by molar-refractivity contribution is 5.74. The van der Waals surface area contributed by atoms with Crippen molar-refractivity contribution in [3.63, 3.8) is 0 Å². The predicted octanol–water partition coefficient (Wildman–Crippen LogP) is 1.45. The Morgan fingerprint density at radius 2 is 1.95 bits per heavy atom. The Bertz CT molecular complexity index is 506. The quantitative estimate of drug-likeness (QED) is 0.642. The molecule has 0 aliphatic carbocycles. The topological polar surface area (TPSA) is 92.9 Å². The number of ether oxygens (including phenoxy) is 1. The van der Waals surface area contributed by atoms with Crippen molar-refractivity contribution in [2.75, 3.05) is 25.4 Å². The Morgan fingerprint density at radius 3 is 2.45 bits per heavy atom. The third kappa shape index (κ3) is 2.68. The second kappa shape index (κ2) is 5.40. The summed E-state index contributed by atoms with van der Waals surface area (Å²) in [5.74, 6) is -0.311. The fraction of sp³-hybridized carbons (Fsp3) is 0.429. The number of rotatable bonds is 4. The van der Waals surface area contributed by atoms with Crippen molar-refractivity contribution < 1.29 is 19.4 Å². The highest BCUT2D eigenvalue weighted by Gasteiger charge is 2.48. The summed E-state index contributed by atoms with van der Waals surface area (Å²) in [6.07, 6.45) is -0.797. The maximum atomic E-state index is 11.8. The van der Waals surface area contributed by atoms with Gasteiger partial charge in [0.05, 0.1) is 13.0 Å². The molecule has 0 aromatic heterocycles. The first-order valence-corrected chi connectivity index (χ1v) is 6.46. The molecule has 0 bridgehead atoms. The molecule has 2 rings (SSSR count). The molecular formula is C14H18N2O4. The van der Waals surface area contributed by atoms with Crippen molar-refractivity contribution in [2.24, 2.45) is 0 Å². The molecule has 1 aliphatic heterocycles. The van der Waals surface area contributed by atoms with Gasteiger partial charge in [0.1, 0.15) is 0 Å². The molecule has 1 saturated heterocycles. The molecule has 0 spiro atoms. The van der Waals surface area contributed by atoms with E-state index in [1.165, 1.54) is 4.90 Å². The average Bonchev–Trinajstić information content (AvgIpc) is 2.34. The van der Waals surface area contributed by atoms with Crippen LogP contribution in [-0.4, -0.2) is 41.8 Å². The second-order valence-electron chi connectivity index (χ2n) is 5.02. The van der Waals surface area contributed by atoms with Crippen LogP contribution in [0.5, 0.6) is 0 Å². The number of carboxylic acid groups (broad SMARTS) is 1. The lowest BCUT2D eigenvalue weighted by Gasteiger charge is -2.48. The van der Waals surface area contributed by atoms with Gasteiger partial charge in [-0.15, -0.1) is 0 Å². The number of esters is 1. The lowest BCUT2D eigenvalue weighted by atomic mass is 9.71. The first kappa shape index (κ1) is 14.2. The van der Waals surface area contributed by atoms with E-state index < -0.39 is 11.5 Å². The number of carbonyl (C=O) groups excluding carboxylic acids is 1. The average molecular weight is 278 g/mol. The molecule has 1 fully saturated rings. The van der Waals surface area contributed by atoms with Gasteiger partial charge in [0.2, 0.25) is 0 Å². The minimum absolute atomic E-state index is 0.175. The molecule has 1 amide bonds. The molecule has 6 heteroatoms. The third-order valence-electron chi connectivity index (χ3n) is 3.57. The van der Waals surface area contributed by atoms with Gasteiger partial charge in [-0.3, -0.25) is 4.79 Å². The van der Waals surface area contributed by atoms with Crippen molar-refractivity contribution in [3.05, 3.63) is 29.8 Å². The number of nitrogens with two attached hydrogens (primary N) is 1. The minimum Gasteiger partial charge on any atom is -0.466 e. The molecule has 108 valence electrons. The van der Waals surface area contributed by atoms with Crippen molar-refractivity contribution in [3.8, 4) is 0 Å². The zero-order chi connectivity index (χ0) is 14.8. The summed E-state index contributed by atoms with van der Waals surface area (Å²) >= 11 is 0. The molecule has 0 saturated carbocycles. The Balaban J connectivity index is 2.20. The van der Waals surface area contributed by atoms with E-state index in [0.717, 1.165) is 5.56 Å². The van der Waals surface area contributed by atoms with Gasteiger partial charge < -0.3 is 20.5 Å². The van der Waals surface area contributed by atoms with Crippen LogP contribution in [0.4, 0.5) is 10.5 Å². The number of carbonyl (C=O) groups is 2. The summed E-state index contributed by atoms with van der Waals surface area (Å²) in [6.45, 7) is 2.66. The van der Waals surface area contributed by atoms with Gasteiger partial charge in [0.15, 0.2) is 0 Å². The number of anilines is 1. The van der Waals surface area contributed by atoms with Gasteiger partial charge in [-0.25, -0.2) is 4.79 Å². The molecule has 1 aromatic rings. The van der Waals surface area contributed by atoms with E-state index >= 15 is 0 Å². The van der Waals surface area contributed by atoms with Crippen LogP contribution in [0.2, 0.25) is 0 Å². The van der Waals surface area contributed by atoms with E-state index in [0.29, 0.717) is 25.4 Å². The van der Waals surface area contributed by atoms with Crippen LogP contribution in [0.3, 0.4) is 0 Å². The Hall–Kier alpha value is -2.24. The van der Waals surface area contributed by atoms with Crippen LogP contribution in [0.25, 0.3) is 0 Å². The molecule has 6 nitrogen and oxygen atoms in total. The number of nitrogens with zero attached hydrogens (tertiary/aromatic N) is 1. The lowest BCUT2D eigenvalue weighted by molar-refractivity contribution is -0.146. The normalized spacial score (nSPS) is 16.4. The van der Waals surface area contributed by atoms with Gasteiger partial charge in [0.25, 0.3) is 0 Å². The maximum absolute atomic E-state index is 11.8. The van der Waals surface area contributed by atoms with Gasteiger partial charge in [-0.2, -0.15) is 0 Å². The van der Waals surface area contributed by atoms with Crippen LogP contribution in [0.1, 0.15) is 18.9 Å². The SMILES string of the molecule is CCOC(=O)CC1(c2ccc(N)cc2)CN(C(=O)O)C1. The Labute approximate surface area is 117 Å². The molecule has 20 heavy (non-hydrogen) atoms. The molecule has 0 radical (unpaired) electrons. The molecule has 3 N–H and O–H groups in total. The first-order valence-electron chi connectivity index (χ1n) is 6.46. The van der Waals surface area contributed by atoms with Gasteiger partial charge in [-0.05, 0) is 24.6 Å². The monoisotopic (exact) mass is 278 g/mol. The van der Waals surface area contributed by atoms with Crippen LogP contribution in [-0.2, 0) is 14.9 Å². The van der Waals surface area contributed by atoms with Crippen molar-refractivity contribution in [1.82, 2.24) is 4.90 Å². The summed E-state index contributed by atoms with van der Waals surface area (Å²) in [6, 6.07) is 7.19. The van der Waals surface area contributed by atoms with Crippen LogP contribution >= 0.6 is 0 Å². The zero-order valence-electron chi connectivity index (χ0n) is 11.3. The van der Waals surface area contributed by atoms with Gasteiger partial charge >= 0.3 is 12.1 Å². The van der Waals surface area contributed by atoms with Crippen molar-refractivity contribution in [2.45, 2.75) is 18.8 Å². The summed E-state index contributed by atoms with van der Waals surface area (Å²) in [7, 11) is 0. The van der Waals surface area contributed by atoms with Crippen molar-refractivity contribution in [1.29, 1.82) is 0 Å². The number of hydrogen-bond acceptors (Lipinski definition) is 4. The number of hydrogen-bond donors (Lipinski definition) is 2.